The molecule has 5 nitrogen and oxygen atoms in total. The number of allylic oxidation sites excluding steroid dienone is 1. The topological polar surface area (TPSA) is 75.3 Å². The molecule has 120 valence electrons. The zero-order valence-electron chi connectivity index (χ0n) is 12.9. The van der Waals surface area contributed by atoms with Gasteiger partial charge in [0.05, 0.1) is 0 Å². The van der Waals surface area contributed by atoms with Crippen molar-refractivity contribution in [3.63, 3.8) is 0 Å². The molecule has 0 bridgehead atoms. The minimum Gasteiger partial charge on any atom is -0.277 e. The Kier molecular flexibility index (Phi) is 4.00. The van der Waals surface area contributed by atoms with E-state index in [0.29, 0.717) is 5.56 Å². The van der Waals surface area contributed by atoms with Crippen molar-refractivity contribution in [3.05, 3.63) is 72.8 Å². The van der Waals surface area contributed by atoms with Crippen LogP contribution < -0.4 is 10.6 Å². The fourth-order valence-corrected chi connectivity index (χ4v) is 2.93. The van der Waals surface area contributed by atoms with Crippen LogP contribution in [0.25, 0.3) is 11.1 Å². The number of rotatable bonds is 4. The summed E-state index contributed by atoms with van der Waals surface area (Å²) in [4.78, 5) is 36.5. The quantitative estimate of drug-likeness (QED) is 0.671. The van der Waals surface area contributed by atoms with Gasteiger partial charge in [0.15, 0.2) is 5.41 Å². The second kappa shape index (κ2) is 6.12. The Morgan fingerprint density at radius 3 is 2.12 bits per heavy atom. The maximum absolute atomic E-state index is 12.5. The van der Waals surface area contributed by atoms with Crippen molar-refractivity contribution in [1.29, 1.82) is 0 Å². The SMILES string of the molecule is C=CCC1(c2cccc(-c3ccccc3)c2)C(=O)NC(=O)NC1=O. The lowest BCUT2D eigenvalue weighted by Crippen LogP contribution is -2.64. The van der Waals surface area contributed by atoms with Gasteiger partial charge in [0, 0.05) is 0 Å². The van der Waals surface area contributed by atoms with Gasteiger partial charge >= 0.3 is 6.03 Å². The molecule has 1 aliphatic rings. The molecule has 0 unspecified atom stereocenters. The van der Waals surface area contributed by atoms with Crippen molar-refractivity contribution in [2.24, 2.45) is 0 Å². The van der Waals surface area contributed by atoms with Crippen LogP contribution in [0.3, 0.4) is 0 Å². The van der Waals surface area contributed by atoms with Gasteiger partial charge in [0.25, 0.3) is 0 Å². The number of nitrogens with one attached hydrogen (secondary N) is 2. The predicted octanol–water partition coefficient (Wildman–Crippen LogP) is 2.53. The van der Waals surface area contributed by atoms with Crippen molar-refractivity contribution < 1.29 is 14.4 Å². The number of carbonyl (C=O) groups excluding carboxylic acids is 3. The van der Waals surface area contributed by atoms with Crippen LogP contribution in [0.1, 0.15) is 12.0 Å². The van der Waals surface area contributed by atoms with Gasteiger partial charge in [-0.3, -0.25) is 20.2 Å². The van der Waals surface area contributed by atoms with E-state index in [0.717, 1.165) is 11.1 Å². The summed E-state index contributed by atoms with van der Waals surface area (Å²) in [6.45, 7) is 3.65. The van der Waals surface area contributed by atoms with Crippen LogP contribution >= 0.6 is 0 Å². The molecule has 4 amide bonds. The molecule has 2 N–H and O–H groups in total. The lowest BCUT2D eigenvalue weighted by Gasteiger charge is -2.33. The molecule has 2 aromatic carbocycles. The molecule has 24 heavy (non-hydrogen) atoms. The maximum Gasteiger partial charge on any atom is 0.328 e. The molecule has 0 aromatic heterocycles. The molecule has 0 spiro atoms. The largest absolute Gasteiger partial charge is 0.328 e. The lowest BCUT2D eigenvalue weighted by molar-refractivity contribution is -0.138. The highest BCUT2D eigenvalue weighted by atomic mass is 16.2. The first-order valence-electron chi connectivity index (χ1n) is 7.51. The Morgan fingerprint density at radius 1 is 0.875 bits per heavy atom. The summed E-state index contributed by atoms with van der Waals surface area (Å²) in [6.07, 6.45) is 1.60. The van der Waals surface area contributed by atoms with Gasteiger partial charge in [-0.1, -0.05) is 54.6 Å². The fraction of sp³-hybridized carbons (Fsp3) is 0.105. The van der Waals surface area contributed by atoms with Gasteiger partial charge in [-0.2, -0.15) is 0 Å². The second-order valence-electron chi connectivity index (χ2n) is 5.58. The van der Waals surface area contributed by atoms with Crippen molar-refractivity contribution in [2.75, 3.05) is 0 Å². The van der Waals surface area contributed by atoms with Crippen molar-refractivity contribution in [3.8, 4) is 11.1 Å². The third-order valence-corrected chi connectivity index (χ3v) is 4.14. The number of benzene rings is 2. The van der Waals surface area contributed by atoms with E-state index in [1.165, 1.54) is 6.08 Å². The van der Waals surface area contributed by atoms with E-state index in [1.807, 2.05) is 36.4 Å². The first-order chi connectivity index (χ1) is 11.6. The molecule has 2 aromatic rings. The molecule has 1 heterocycles. The van der Waals surface area contributed by atoms with E-state index in [-0.39, 0.29) is 6.42 Å². The zero-order valence-corrected chi connectivity index (χ0v) is 12.9. The normalized spacial score (nSPS) is 16.2. The third-order valence-electron chi connectivity index (χ3n) is 4.14. The third kappa shape index (κ3) is 2.50. The Balaban J connectivity index is 2.13. The van der Waals surface area contributed by atoms with Crippen LogP contribution in [0.5, 0.6) is 0 Å². The summed E-state index contributed by atoms with van der Waals surface area (Å²) in [6, 6.07) is 16.1. The number of hydrogen-bond donors (Lipinski definition) is 2. The number of barbiturate groups is 1. The highest BCUT2D eigenvalue weighted by Crippen LogP contribution is 2.33. The lowest BCUT2D eigenvalue weighted by atomic mass is 9.74. The van der Waals surface area contributed by atoms with Crippen LogP contribution in [0.15, 0.2) is 67.3 Å². The molecular weight excluding hydrogens is 304 g/mol. The van der Waals surface area contributed by atoms with E-state index >= 15 is 0 Å². The minimum atomic E-state index is -1.50. The summed E-state index contributed by atoms with van der Waals surface area (Å²) < 4.78 is 0. The summed E-state index contributed by atoms with van der Waals surface area (Å²) in [5.41, 5.74) is 0.876. The number of urea groups is 1. The number of imide groups is 2. The number of amides is 4. The van der Waals surface area contributed by atoms with Crippen LogP contribution in [0.4, 0.5) is 4.79 Å². The van der Waals surface area contributed by atoms with Crippen molar-refractivity contribution in [1.82, 2.24) is 10.6 Å². The zero-order chi connectivity index (χ0) is 17.2. The summed E-state index contributed by atoms with van der Waals surface area (Å²) in [5, 5.41) is 4.37. The molecule has 0 radical (unpaired) electrons. The van der Waals surface area contributed by atoms with Gasteiger partial charge in [0.2, 0.25) is 11.8 Å². The van der Waals surface area contributed by atoms with Crippen molar-refractivity contribution in [2.45, 2.75) is 11.8 Å². The first-order valence-corrected chi connectivity index (χ1v) is 7.51. The van der Waals surface area contributed by atoms with Gasteiger partial charge in [-0.15, -0.1) is 6.58 Å². The highest BCUT2D eigenvalue weighted by Gasteiger charge is 2.50. The van der Waals surface area contributed by atoms with E-state index < -0.39 is 23.3 Å². The Bertz CT molecular complexity index is 808. The van der Waals surface area contributed by atoms with Crippen LogP contribution in [0, 0.1) is 0 Å². The summed E-state index contributed by atoms with van der Waals surface area (Å²) in [7, 11) is 0. The Labute approximate surface area is 139 Å². The molecule has 0 saturated carbocycles. The Morgan fingerprint density at radius 2 is 1.50 bits per heavy atom. The highest BCUT2D eigenvalue weighted by molar-refractivity contribution is 6.23. The molecule has 0 atom stereocenters. The molecule has 1 saturated heterocycles. The van der Waals surface area contributed by atoms with E-state index in [1.54, 1.807) is 18.2 Å². The molecule has 0 aliphatic carbocycles. The standard InChI is InChI=1S/C19H16N2O3/c1-2-11-19(16(22)20-18(24)21-17(19)23)15-10-6-9-14(12-15)13-7-4-3-5-8-13/h2-10,12H,1,11H2,(H2,20,21,22,23,24). The average molecular weight is 320 g/mol. The van der Waals surface area contributed by atoms with E-state index in [4.69, 9.17) is 0 Å². The predicted molar refractivity (Wildman–Crippen MR) is 90.1 cm³/mol. The summed E-state index contributed by atoms with van der Waals surface area (Å²) in [5.74, 6) is -1.28. The molecule has 5 heteroatoms. The summed E-state index contributed by atoms with van der Waals surface area (Å²) >= 11 is 0. The van der Waals surface area contributed by atoms with Gasteiger partial charge < -0.3 is 0 Å². The van der Waals surface area contributed by atoms with Gasteiger partial charge in [-0.05, 0) is 29.2 Å². The maximum atomic E-state index is 12.5. The smallest absolute Gasteiger partial charge is 0.277 e. The molecular formula is C19H16N2O3. The van der Waals surface area contributed by atoms with Gasteiger partial charge in [0.1, 0.15) is 0 Å². The second-order valence-corrected chi connectivity index (χ2v) is 5.58. The van der Waals surface area contributed by atoms with E-state index in [2.05, 4.69) is 17.2 Å². The molecule has 3 rings (SSSR count). The monoisotopic (exact) mass is 320 g/mol. The fourth-order valence-electron chi connectivity index (χ4n) is 2.93. The van der Waals surface area contributed by atoms with Crippen LogP contribution in [0.2, 0.25) is 0 Å². The van der Waals surface area contributed by atoms with Crippen LogP contribution in [-0.2, 0) is 15.0 Å². The van der Waals surface area contributed by atoms with E-state index in [9.17, 15) is 14.4 Å². The minimum absolute atomic E-state index is 0.0934. The number of carbonyl (C=O) groups is 3. The first kappa shape index (κ1) is 15.7. The van der Waals surface area contributed by atoms with Gasteiger partial charge in [-0.25, -0.2) is 4.79 Å². The van der Waals surface area contributed by atoms with Crippen LogP contribution in [-0.4, -0.2) is 17.8 Å². The molecule has 1 aliphatic heterocycles. The number of hydrogen-bond acceptors (Lipinski definition) is 3. The Hall–Kier alpha value is -3.21. The van der Waals surface area contributed by atoms with Crippen molar-refractivity contribution >= 4 is 17.8 Å². The average Bonchev–Trinajstić information content (AvgIpc) is 2.59. The molecule has 1 fully saturated rings.